The molecule has 0 bridgehead atoms. The lowest BCUT2D eigenvalue weighted by atomic mass is 10.0. The maximum absolute atomic E-state index is 12.4. The molecule has 0 radical (unpaired) electrons. The summed E-state index contributed by atoms with van der Waals surface area (Å²) in [6.07, 6.45) is 1.53. The van der Waals surface area contributed by atoms with Crippen LogP contribution in [0.1, 0.15) is 43.0 Å². The Morgan fingerprint density at radius 2 is 1.81 bits per heavy atom. The zero-order valence-corrected chi connectivity index (χ0v) is 22.4. The molecule has 0 saturated heterocycles. The number of hydrogen-bond donors (Lipinski definition) is 3. The molecular formula is C26H29Cl2N7O2. The highest BCUT2D eigenvalue weighted by Gasteiger charge is 2.18. The van der Waals surface area contributed by atoms with Crippen LogP contribution in [0.5, 0.6) is 0 Å². The van der Waals surface area contributed by atoms with Gasteiger partial charge in [-0.25, -0.2) is 14.8 Å². The van der Waals surface area contributed by atoms with Crippen molar-refractivity contribution in [2.75, 3.05) is 17.3 Å². The summed E-state index contributed by atoms with van der Waals surface area (Å²) in [6, 6.07) is 14.5. The number of aromatic nitrogens is 4. The summed E-state index contributed by atoms with van der Waals surface area (Å²) < 4.78 is 7.71. The van der Waals surface area contributed by atoms with Crippen molar-refractivity contribution in [3.05, 3.63) is 75.7 Å². The minimum atomic E-state index is -0.506. The molecule has 37 heavy (non-hydrogen) atoms. The molecule has 0 saturated carbocycles. The topological polar surface area (TPSA) is 106 Å². The Balaban J connectivity index is 1.43. The van der Waals surface area contributed by atoms with E-state index in [-0.39, 0.29) is 16.2 Å². The maximum atomic E-state index is 12.4. The van der Waals surface area contributed by atoms with Crippen LogP contribution < -0.4 is 16.2 Å². The maximum Gasteiger partial charge on any atom is 0.337 e. The molecular weight excluding hydrogens is 513 g/mol. The van der Waals surface area contributed by atoms with Crippen LogP contribution in [-0.4, -0.2) is 32.4 Å². The molecule has 0 fully saturated rings. The van der Waals surface area contributed by atoms with Crippen molar-refractivity contribution < 1.29 is 9.53 Å². The highest BCUT2D eigenvalue weighted by Crippen LogP contribution is 2.29. The first-order chi connectivity index (χ1) is 17.8. The summed E-state index contributed by atoms with van der Waals surface area (Å²) in [4.78, 5) is 21.0. The zero-order valence-electron chi connectivity index (χ0n) is 20.9. The van der Waals surface area contributed by atoms with Crippen LogP contribution in [0, 0.1) is 0 Å². The van der Waals surface area contributed by atoms with E-state index in [2.05, 4.69) is 35.0 Å². The molecule has 4 aromatic rings. The number of pyridine rings is 2. The fourth-order valence-corrected chi connectivity index (χ4v) is 4.44. The number of carbonyl (C=O) groups excluding carboxylic acids is 1. The van der Waals surface area contributed by atoms with Crippen molar-refractivity contribution in [3.63, 3.8) is 0 Å². The average Bonchev–Trinajstić information content (AvgIpc) is 3.17. The van der Waals surface area contributed by atoms with Crippen LogP contribution >= 0.6 is 23.2 Å². The number of urea groups is 1. The molecule has 0 aliphatic heterocycles. The number of hydrogen-bond acceptors (Lipinski definition) is 6. The minimum absolute atomic E-state index is 0.180. The number of amides is 2. The van der Waals surface area contributed by atoms with Crippen LogP contribution in [0.2, 0.25) is 10.3 Å². The molecule has 2 amide bonds. The number of aryl methyl sites for hydroxylation is 2. The van der Waals surface area contributed by atoms with Crippen molar-refractivity contribution in [2.24, 2.45) is 7.05 Å². The number of fused-ring (bicyclic) bond motifs is 1. The van der Waals surface area contributed by atoms with Crippen LogP contribution in [0.4, 0.5) is 16.3 Å². The first-order valence-corrected chi connectivity index (χ1v) is 12.7. The number of carbonyl (C=O) groups is 1. The lowest BCUT2D eigenvalue weighted by molar-refractivity contribution is 0.118. The highest BCUT2D eigenvalue weighted by molar-refractivity contribution is 6.33. The number of rotatable bonds is 10. The normalized spacial score (nSPS) is 11.2. The van der Waals surface area contributed by atoms with Gasteiger partial charge < -0.3 is 10.1 Å². The minimum Gasteiger partial charge on any atom is -0.377 e. The second kappa shape index (κ2) is 12.2. The third-order valence-corrected chi connectivity index (χ3v) is 6.04. The van der Waals surface area contributed by atoms with Crippen LogP contribution in [0.3, 0.4) is 0 Å². The number of anilines is 2. The van der Waals surface area contributed by atoms with E-state index in [4.69, 9.17) is 38.0 Å². The van der Waals surface area contributed by atoms with Gasteiger partial charge in [0.1, 0.15) is 21.6 Å². The van der Waals surface area contributed by atoms with Gasteiger partial charge in [-0.15, -0.1) is 0 Å². The standard InChI is InChI=1S/C26H29Cl2N7O2/c1-16(2)19-14-23(32-33-26(36)29-18-12-21(27)30-22(28)13-18)31-24-20(34-35(3)25(19)24)10-7-11-37-15-17-8-5-4-6-9-17/h4-6,8-9,12-14,16H,7,10-11,15H2,1-3H3,(H,31,32)(H2,29,30,33,36). The van der Waals surface area contributed by atoms with Gasteiger partial charge in [-0.2, -0.15) is 5.10 Å². The summed E-state index contributed by atoms with van der Waals surface area (Å²) in [5.74, 6) is 0.727. The van der Waals surface area contributed by atoms with E-state index in [1.54, 1.807) is 0 Å². The fraction of sp³-hybridized carbons (Fsp3) is 0.308. The molecule has 9 nitrogen and oxygen atoms in total. The summed E-state index contributed by atoms with van der Waals surface area (Å²) in [5, 5.41) is 7.75. The van der Waals surface area contributed by atoms with Gasteiger partial charge in [-0.3, -0.25) is 15.5 Å². The lowest BCUT2D eigenvalue weighted by Gasteiger charge is -2.14. The van der Waals surface area contributed by atoms with Crippen molar-refractivity contribution in [3.8, 4) is 0 Å². The summed E-state index contributed by atoms with van der Waals surface area (Å²) >= 11 is 11.8. The summed E-state index contributed by atoms with van der Waals surface area (Å²) in [7, 11) is 1.93. The van der Waals surface area contributed by atoms with Crippen LogP contribution in [0.25, 0.3) is 11.0 Å². The van der Waals surface area contributed by atoms with E-state index in [0.29, 0.717) is 24.7 Å². The van der Waals surface area contributed by atoms with E-state index in [9.17, 15) is 4.79 Å². The van der Waals surface area contributed by atoms with E-state index in [1.807, 2.05) is 48.1 Å². The first-order valence-electron chi connectivity index (χ1n) is 11.9. The molecule has 3 heterocycles. The molecule has 0 aliphatic rings. The van der Waals surface area contributed by atoms with Gasteiger partial charge in [-0.05, 0) is 48.1 Å². The monoisotopic (exact) mass is 541 g/mol. The second-order valence-corrected chi connectivity index (χ2v) is 9.64. The fourth-order valence-electron chi connectivity index (χ4n) is 3.98. The molecule has 0 spiro atoms. The van der Waals surface area contributed by atoms with Gasteiger partial charge in [0.15, 0.2) is 0 Å². The van der Waals surface area contributed by atoms with Crippen molar-refractivity contribution in [1.82, 2.24) is 25.2 Å². The number of benzene rings is 1. The SMILES string of the molecule is CC(C)c1cc(NNC(=O)Nc2cc(Cl)nc(Cl)c2)nc2c(CCCOCc3ccccc3)nn(C)c12. The Bertz CT molecular complexity index is 1360. The van der Waals surface area contributed by atoms with Crippen LogP contribution in [-0.2, 0) is 24.8 Å². The van der Waals surface area contributed by atoms with Crippen molar-refractivity contribution in [1.29, 1.82) is 0 Å². The Labute approximate surface area is 225 Å². The smallest absolute Gasteiger partial charge is 0.337 e. The lowest BCUT2D eigenvalue weighted by Crippen LogP contribution is -2.34. The van der Waals surface area contributed by atoms with E-state index >= 15 is 0 Å². The third kappa shape index (κ3) is 7.09. The second-order valence-electron chi connectivity index (χ2n) is 8.87. The van der Waals surface area contributed by atoms with Crippen LogP contribution in [0.15, 0.2) is 48.5 Å². The van der Waals surface area contributed by atoms with E-state index in [0.717, 1.165) is 40.7 Å². The van der Waals surface area contributed by atoms with Gasteiger partial charge in [0.05, 0.1) is 17.8 Å². The highest BCUT2D eigenvalue weighted by atomic mass is 35.5. The number of nitrogens with zero attached hydrogens (tertiary/aromatic N) is 4. The van der Waals surface area contributed by atoms with Gasteiger partial charge in [0, 0.05) is 19.3 Å². The number of nitrogens with one attached hydrogen (secondary N) is 3. The molecule has 4 rings (SSSR count). The first kappa shape index (κ1) is 26.7. The molecule has 11 heteroatoms. The quantitative estimate of drug-likeness (QED) is 0.127. The van der Waals surface area contributed by atoms with E-state index in [1.165, 1.54) is 12.1 Å². The van der Waals surface area contributed by atoms with Crippen molar-refractivity contribution in [2.45, 2.75) is 39.2 Å². The Morgan fingerprint density at radius 3 is 2.51 bits per heavy atom. The van der Waals surface area contributed by atoms with Gasteiger partial charge in [-0.1, -0.05) is 67.4 Å². The van der Waals surface area contributed by atoms with Gasteiger partial charge in [0.25, 0.3) is 0 Å². The number of hydrazine groups is 1. The van der Waals surface area contributed by atoms with Gasteiger partial charge >= 0.3 is 6.03 Å². The molecule has 0 atom stereocenters. The summed E-state index contributed by atoms with van der Waals surface area (Å²) in [5.41, 5.74) is 10.8. The van der Waals surface area contributed by atoms with Gasteiger partial charge in [0.2, 0.25) is 0 Å². The largest absolute Gasteiger partial charge is 0.377 e. The molecule has 0 aliphatic carbocycles. The predicted molar refractivity (Wildman–Crippen MR) is 147 cm³/mol. The molecule has 1 aromatic carbocycles. The molecule has 0 unspecified atom stereocenters. The van der Waals surface area contributed by atoms with E-state index < -0.39 is 6.03 Å². The number of halogens is 2. The zero-order chi connectivity index (χ0) is 26.4. The Kier molecular flexibility index (Phi) is 8.81. The molecule has 3 aromatic heterocycles. The average molecular weight is 542 g/mol. The predicted octanol–water partition coefficient (Wildman–Crippen LogP) is 6.09. The molecule has 3 N–H and O–H groups in total. The third-order valence-electron chi connectivity index (χ3n) is 5.65. The number of ether oxygens (including phenoxy) is 1. The van der Waals surface area contributed by atoms with Crippen molar-refractivity contribution >= 4 is 51.8 Å². The molecule has 194 valence electrons. The summed E-state index contributed by atoms with van der Waals surface area (Å²) in [6.45, 7) is 5.42. The Hall–Kier alpha value is -3.40. The Morgan fingerprint density at radius 1 is 1.08 bits per heavy atom.